The van der Waals surface area contributed by atoms with Crippen molar-refractivity contribution in [3.63, 3.8) is 0 Å². The van der Waals surface area contributed by atoms with Crippen molar-refractivity contribution in [2.24, 2.45) is 41.2 Å². The van der Waals surface area contributed by atoms with Crippen LogP contribution in [0.25, 0.3) is 0 Å². The van der Waals surface area contributed by atoms with Crippen LogP contribution in [-0.4, -0.2) is 17.1 Å². The summed E-state index contributed by atoms with van der Waals surface area (Å²) in [4.78, 5) is 15.8. The summed E-state index contributed by atoms with van der Waals surface area (Å²) < 4.78 is 45.6. The number of pyridine rings is 1. The fourth-order valence-electron chi connectivity index (χ4n) is 7.59. The number of nitrogens with zero attached hydrogens (tertiary/aromatic N) is 1. The van der Waals surface area contributed by atoms with Crippen molar-refractivity contribution in [3.8, 4) is 0 Å². The first-order chi connectivity index (χ1) is 14.8. The monoisotopic (exact) mass is 430 g/mol. The Balaban J connectivity index is 1.65. The molecule has 0 aromatic carbocycles. The quantitative estimate of drug-likeness (QED) is 0.659. The molecule has 0 aliphatic heterocycles. The van der Waals surface area contributed by atoms with Crippen molar-refractivity contribution in [1.82, 2.24) is 4.98 Å². The SMILES string of the molecule is NC(=O)CC1CC2=CCC3C4CC=CC4CCC3C2C(c2cccnc2)(C(F)(F)F)C1. The Morgan fingerprint density at radius 3 is 2.74 bits per heavy atom. The molecule has 7 unspecified atom stereocenters. The lowest BCUT2D eigenvalue weighted by Gasteiger charge is -2.57. The van der Waals surface area contributed by atoms with Gasteiger partial charge >= 0.3 is 6.18 Å². The summed E-state index contributed by atoms with van der Waals surface area (Å²) in [6, 6.07) is 3.18. The molecular formula is C25H29F3N2O. The molecule has 2 saturated carbocycles. The van der Waals surface area contributed by atoms with Gasteiger partial charge in [-0.25, -0.2) is 0 Å². The predicted molar refractivity (Wildman–Crippen MR) is 112 cm³/mol. The van der Waals surface area contributed by atoms with E-state index >= 15 is 13.2 Å². The van der Waals surface area contributed by atoms with Crippen LogP contribution in [0.5, 0.6) is 0 Å². The molecule has 0 bridgehead atoms. The molecule has 2 N–H and O–H groups in total. The normalized spacial score (nSPS) is 39.3. The van der Waals surface area contributed by atoms with Crippen LogP contribution in [0.2, 0.25) is 0 Å². The Hall–Kier alpha value is -2.11. The number of halogens is 3. The van der Waals surface area contributed by atoms with Gasteiger partial charge in [-0.3, -0.25) is 9.78 Å². The average molecular weight is 431 g/mol. The maximum Gasteiger partial charge on any atom is 0.399 e. The second-order valence-corrected chi connectivity index (χ2v) is 10.0. The van der Waals surface area contributed by atoms with E-state index in [2.05, 4.69) is 23.2 Å². The number of alkyl halides is 3. The number of rotatable bonds is 3. The largest absolute Gasteiger partial charge is 0.399 e. The zero-order valence-electron chi connectivity index (χ0n) is 17.5. The Kier molecular flexibility index (Phi) is 5.02. The van der Waals surface area contributed by atoms with Gasteiger partial charge in [0.15, 0.2) is 0 Å². The zero-order chi connectivity index (χ0) is 21.8. The number of fused-ring (bicyclic) bond motifs is 5. The van der Waals surface area contributed by atoms with Gasteiger partial charge in [0.25, 0.3) is 0 Å². The smallest absolute Gasteiger partial charge is 0.370 e. The Bertz CT molecular complexity index is 909. The minimum absolute atomic E-state index is 0.00906. The van der Waals surface area contributed by atoms with E-state index in [1.165, 1.54) is 12.4 Å². The molecule has 7 atom stereocenters. The highest BCUT2D eigenvalue weighted by atomic mass is 19.4. The predicted octanol–water partition coefficient (Wildman–Crippen LogP) is 5.33. The number of primary amides is 1. The molecule has 1 amide bonds. The van der Waals surface area contributed by atoms with Crippen LogP contribution in [-0.2, 0) is 10.2 Å². The fourth-order valence-corrected chi connectivity index (χ4v) is 7.59. The molecule has 1 aromatic heterocycles. The second-order valence-electron chi connectivity index (χ2n) is 10.0. The first kappa shape index (κ1) is 20.8. The van der Waals surface area contributed by atoms with Gasteiger partial charge in [-0.2, -0.15) is 13.2 Å². The van der Waals surface area contributed by atoms with E-state index < -0.39 is 29.3 Å². The number of carbonyl (C=O) groups is 1. The maximum absolute atomic E-state index is 15.2. The van der Waals surface area contributed by atoms with Gasteiger partial charge in [0.1, 0.15) is 0 Å². The van der Waals surface area contributed by atoms with Crippen molar-refractivity contribution in [3.05, 3.63) is 53.9 Å². The molecule has 3 nitrogen and oxygen atoms in total. The van der Waals surface area contributed by atoms with Gasteiger partial charge in [-0.15, -0.1) is 0 Å². The molecule has 1 aromatic rings. The number of carbonyl (C=O) groups excluding carboxylic acids is 1. The lowest BCUT2D eigenvalue weighted by molar-refractivity contribution is -0.224. The minimum atomic E-state index is -4.44. The second kappa shape index (κ2) is 7.49. The molecule has 5 rings (SSSR count). The van der Waals surface area contributed by atoms with Crippen LogP contribution in [0.15, 0.2) is 48.3 Å². The van der Waals surface area contributed by atoms with Gasteiger partial charge in [-0.05, 0) is 79.7 Å². The number of nitrogens with two attached hydrogens (primary N) is 1. The summed E-state index contributed by atoms with van der Waals surface area (Å²) in [6.45, 7) is 0. The first-order valence-corrected chi connectivity index (χ1v) is 11.4. The summed E-state index contributed by atoms with van der Waals surface area (Å²) >= 11 is 0. The highest BCUT2D eigenvalue weighted by molar-refractivity contribution is 5.74. The van der Waals surface area contributed by atoms with Crippen molar-refractivity contribution in [2.45, 2.75) is 56.5 Å². The van der Waals surface area contributed by atoms with Crippen LogP contribution >= 0.6 is 0 Å². The summed E-state index contributed by atoms with van der Waals surface area (Å²) in [6.07, 6.45) is 9.14. The van der Waals surface area contributed by atoms with Gasteiger partial charge in [0.2, 0.25) is 5.91 Å². The third-order valence-electron chi connectivity index (χ3n) is 8.59. The van der Waals surface area contributed by atoms with E-state index in [0.29, 0.717) is 18.3 Å². The lowest BCUT2D eigenvalue weighted by atomic mass is 9.47. The highest BCUT2D eigenvalue weighted by Gasteiger charge is 2.66. The van der Waals surface area contributed by atoms with E-state index in [0.717, 1.165) is 31.3 Å². The van der Waals surface area contributed by atoms with Gasteiger partial charge < -0.3 is 5.73 Å². The van der Waals surface area contributed by atoms with Gasteiger partial charge in [-0.1, -0.05) is 29.9 Å². The molecule has 31 heavy (non-hydrogen) atoms. The van der Waals surface area contributed by atoms with E-state index in [1.54, 1.807) is 12.1 Å². The number of allylic oxidation sites excluding steroid dienone is 4. The van der Waals surface area contributed by atoms with Gasteiger partial charge in [0.05, 0.1) is 5.41 Å². The molecule has 4 aliphatic carbocycles. The fraction of sp³-hybridized carbons (Fsp3) is 0.600. The van der Waals surface area contributed by atoms with Crippen molar-refractivity contribution in [2.75, 3.05) is 0 Å². The molecule has 0 spiro atoms. The summed E-state index contributed by atoms with van der Waals surface area (Å²) in [5.74, 6) is -0.242. The molecule has 6 heteroatoms. The Labute approximate surface area is 181 Å². The number of amides is 1. The van der Waals surface area contributed by atoms with Gasteiger partial charge in [0, 0.05) is 24.7 Å². The van der Waals surface area contributed by atoms with Crippen LogP contribution in [0.3, 0.4) is 0 Å². The minimum Gasteiger partial charge on any atom is -0.370 e. The van der Waals surface area contributed by atoms with E-state index in [4.69, 9.17) is 5.73 Å². The van der Waals surface area contributed by atoms with Crippen molar-refractivity contribution >= 4 is 5.91 Å². The number of hydrogen-bond donors (Lipinski definition) is 1. The zero-order valence-corrected chi connectivity index (χ0v) is 17.5. The number of aromatic nitrogens is 1. The van der Waals surface area contributed by atoms with E-state index in [-0.39, 0.29) is 30.2 Å². The molecule has 0 saturated heterocycles. The third-order valence-corrected chi connectivity index (χ3v) is 8.59. The maximum atomic E-state index is 15.2. The van der Waals surface area contributed by atoms with Crippen LogP contribution < -0.4 is 5.73 Å². The van der Waals surface area contributed by atoms with Crippen molar-refractivity contribution in [1.29, 1.82) is 0 Å². The third kappa shape index (κ3) is 3.25. The van der Waals surface area contributed by atoms with Crippen molar-refractivity contribution < 1.29 is 18.0 Å². The Morgan fingerprint density at radius 2 is 2.03 bits per heavy atom. The molecule has 166 valence electrons. The molecule has 0 radical (unpaired) electrons. The first-order valence-electron chi connectivity index (χ1n) is 11.4. The summed E-state index contributed by atoms with van der Waals surface area (Å²) in [5.41, 5.74) is 4.54. The number of hydrogen-bond acceptors (Lipinski definition) is 2. The van der Waals surface area contributed by atoms with E-state index in [1.807, 2.05) is 0 Å². The average Bonchev–Trinajstić information content (AvgIpc) is 3.21. The molecular weight excluding hydrogens is 401 g/mol. The Morgan fingerprint density at radius 1 is 1.19 bits per heavy atom. The van der Waals surface area contributed by atoms with Crippen LogP contribution in [0.4, 0.5) is 13.2 Å². The summed E-state index contributed by atoms with van der Waals surface area (Å²) in [7, 11) is 0. The molecule has 2 fully saturated rings. The standard InChI is InChI=1S/C25H29F3N2O/c26-25(27,28)24(18-4-2-10-30-14-18)13-15(12-22(29)31)11-17-7-8-20-19-5-1-3-16(19)6-9-21(20)23(17)24/h1-4,7,10,14-16,19-21,23H,5-6,8-9,11-13H2,(H2,29,31). The lowest BCUT2D eigenvalue weighted by Crippen LogP contribution is -2.58. The molecule has 4 aliphatic rings. The van der Waals surface area contributed by atoms with E-state index in [9.17, 15) is 4.79 Å². The van der Waals surface area contributed by atoms with Crippen LogP contribution in [0.1, 0.15) is 50.5 Å². The van der Waals surface area contributed by atoms with Crippen LogP contribution in [0, 0.1) is 35.5 Å². The highest BCUT2D eigenvalue weighted by Crippen LogP contribution is 2.65. The molecule has 1 heterocycles. The summed E-state index contributed by atoms with van der Waals surface area (Å²) in [5, 5.41) is 0. The topological polar surface area (TPSA) is 56.0 Å².